The number of aryl methyl sites for hydroxylation is 2. The lowest BCUT2D eigenvalue weighted by Gasteiger charge is -2.14. The van der Waals surface area contributed by atoms with Gasteiger partial charge in [0.15, 0.2) is 0 Å². The maximum absolute atomic E-state index is 12.5. The fraction of sp³-hybridized carbons (Fsp3) is 0.133. The van der Waals surface area contributed by atoms with Gasteiger partial charge >= 0.3 is 0 Å². The quantitative estimate of drug-likeness (QED) is 0.925. The molecule has 0 spiro atoms. The lowest BCUT2D eigenvalue weighted by molar-refractivity contribution is -0.255. The highest BCUT2D eigenvalue weighted by molar-refractivity contribution is 7.92. The Morgan fingerprint density at radius 1 is 1.09 bits per heavy atom. The van der Waals surface area contributed by atoms with Gasteiger partial charge in [-0.25, -0.2) is 8.42 Å². The zero-order chi connectivity index (χ0) is 16.5. The van der Waals surface area contributed by atoms with Crippen molar-refractivity contribution in [1.29, 1.82) is 0 Å². The number of hydrogen-bond donors (Lipinski definition) is 1. The van der Waals surface area contributed by atoms with Crippen LogP contribution in [0.3, 0.4) is 0 Å². The number of carboxylic acids is 1. The van der Waals surface area contributed by atoms with Gasteiger partial charge in [-0.3, -0.25) is 4.72 Å². The first-order chi connectivity index (χ1) is 10.2. The first-order valence-corrected chi connectivity index (χ1v) is 8.18. The van der Waals surface area contributed by atoms with Crippen LogP contribution < -0.4 is 9.83 Å². The number of rotatable bonds is 4. The Hall–Kier alpha value is -2.05. The van der Waals surface area contributed by atoms with Crippen molar-refractivity contribution < 1.29 is 18.3 Å². The zero-order valence-electron chi connectivity index (χ0n) is 11.9. The molecule has 0 aliphatic rings. The van der Waals surface area contributed by atoms with Crippen molar-refractivity contribution in [1.82, 2.24) is 0 Å². The molecule has 0 fully saturated rings. The third-order valence-electron chi connectivity index (χ3n) is 3.16. The molecule has 0 amide bonds. The van der Waals surface area contributed by atoms with Gasteiger partial charge in [-0.15, -0.1) is 0 Å². The van der Waals surface area contributed by atoms with Gasteiger partial charge in [0, 0.05) is 5.02 Å². The van der Waals surface area contributed by atoms with Crippen LogP contribution in [0.4, 0.5) is 5.69 Å². The average molecular weight is 339 g/mol. The number of carboxylic acid groups (broad SMARTS) is 1. The predicted octanol–water partition coefficient (Wildman–Crippen LogP) is 2.12. The fourth-order valence-electron chi connectivity index (χ4n) is 1.92. The third-order valence-corrected chi connectivity index (χ3v) is 4.90. The highest BCUT2D eigenvalue weighted by atomic mass is 35.5. The Bertz CT molecular complexity index is 847. The highest BCUT2D eigenvalue weighted by Crippen LogP contribution is 2.25. The minimum absolute atomic E-state index is 0.117. The minimum atomic E-state index is -3.94. The molecule has 2 rings (SSSR count). The van der Waals surface area contributed by atoms with Crippen LogP contribution in [0.5, 0.6) is 0 Å². The van der Waals surface area contributed by atoms with Crippen LogP contribution in [0.1, 0.15) is 21.5 Å². The second-order valence-corrected chi connectivity index (χ2v) is 6.92. The van der Waals surface area contributed by atoms with Crippen molar-refractivity contribution in [2.24, 2.45) is 0 Å². The van der Waals surface area contributed by atoms with E-state index in [1.807, 2.05) is 0 Å². The number of anilines is 1. The first-order valence-electron chi connectivity index (χ1n) is 6.31. The van der Waals surface area contributed by atoms with Crippen molar-refractivity contribution in [3.63, 3.8) is 0 Å². The molecule has 0 radical (unpaired) electrons. The Balaban J connectivity index is 2.49. The summed E-state index contributed by atoms with van der Waals surface area (Å²) in [5.74, 6) is -1.43. The molecule has 0 aromatic heterocycles. The van der Waals surface area contributed by atoms with Crippen molar-refractivity contribution in [2.75, 3.05) is 4.72 Å². The van der Waals surface area contributed by atoms with Crippen LogP contribution in [0.25, 0.3) is 0 Å². The largest absolute Gasteiger partial charge is 0.545 e. The second kappa shape index (κ2) is 5.98. The molecule has 7 heteroatoms. The molecule has 2 aromatic rings. The van der Waals surface area contributed by atoms with Gasteiger partial charge in [0.2, 0.25) is 0 Å². The monoisotopic (exact) mass is 338 g/mol. The fourth-order valence-corrected chi connectivity index (χ4v) is 3.49. The molecule has 1 N–H and O–H groups in total. The van der Waals surface area contributed by atoms with Crippen LogP contribution in [0.15, 0.2) is 41.3 Å². The first kappa shape index (κ1) is 16.3. The van der Waals surface area contributed by atoms with Crippen molar-refractivity contribution >= 4 is 33.3 Å². The second-order valence-electron chi connectivity index (χ2n) is 4.83. The summed E-state index contributed by atoms with van der Waals surface area (Å²) in [5.41, 5.74) is 1.26. The number of aromatic carboxylic acids is 1. The van der Waals surface area contributed by atoms with Gasteiger partial charge in [-0.1, -0.05) is 29.8 Å². The summed E-state index contributed by atoms with van der Waals surface area (Å²) in [4.78, 5) is 10.8. The third kappa shape index (κ3) is 3.40. The van der Waals surface area contributed by atoms with Gasteiger partial charge in [0.1, 0.15) is 0 Å². The van der Waals surface area contributed by atoms with Crippen LogP contribution >= 0.6 is 11.6 Å². The average Bonchev–Trinajstić information content (AvgIpc) is 2.42. The molecule has 0 saturated heterocycles. The van der Waals surface area contributed by atoms with E-state index in [2.05, 4.69) is 4.72 Å². The zero-order valence-corrected chi connectivity index (χ0v) is 13.5. The summed E-state index contributed by atoms with van der Waals surface area (Å²) in [6, 6.07) is 8.62. The maximum atomic E-state index is 12.5. The van der Waals surface area contributed by atoms with Crippen LogP contribution in [0, 0.1) is 13.8 Å². The molecule has 0 unspecified atom stereocenters. The van der Waals surface area contributed by atoms with Crippen LogP contribution in [-0.2, 0) is 10.0 Å². The summed E-state index contributed by atoms with van der Waals surface area (Å²) in [6.07, 6.45) is 0. The highest BCUT2D eigenvalue weighted by Gasteiger charge is 2.18. The van der Waals surface area contributed by atoms with Gasteiger partial charge in [-0.05, 0) is 48.7 Å². The van der Waals surface area contributed by atoms with E-state index in [-0.39, 0.29) is 10.5 Å². The Morgan fingerprint density at radius 3 is 2.36 bits per heavy atom. The number of benzene rings is 2. The van der Waals surface area contributed by atoms with Gasteiger partial charge in [-0.2, -0.15) is 0 Å². The van der Waals surface area contributed by atoms with Gasteiger partial charge < -0.3 is 9.90 Å². The predicted molar refractivity (Wildman–Crippen MR) is 82.5 cm³/mol. The minimum Gasteiger partial charge on any atom is -0.545 e. The SMILES string of the molecule is Cc1ccc(Cl)cc1NS(=O)(=O)c1cc(C(=O)[O-])ccc1C. The number of nitrogens with one attached hydrogen (secondary N) is 1. The van der Waals surface area contributed by atoms with E-state index < -0.39 is 16.0 Å². The molecule has 0 bridgehead atoms. The van der Waals surface area contributed by atoms with E-state index in [1.165, 1.54) is 18.2 Å². The summed E-state index contributed by atoms with van der Waals surface area (Å²) >= 11 is 5.87. The molecular formula is C15H13ClNO4S-. The number of hydrogen-bond acceptors (Lipinski definition) is 4. The Morgan fingerprint density at radius 2 is 1.73 bits per heavy atom. The smallest absolute Gasteiger partial charge is 0.262 e. The molecule has 5 nitrogen and oxygen atoms in total. The van der Waals surface area contributed by atoms with E-state index in [0.717, 1.165) is 6.07 Å². The Labute approximate surface area is 133 Å². The van der Waals surface area contributed by atoms with E-state index >= 15 is 0 Å². The van der Waals surface area contributed by atoms with E-state index in [9.17, 15) is 18.3 Å². The van der Waals surface area contributed by atoms with Crippen molar-refractivity contribution in [3.8, 4) is 0 Å². The summed E-state index contributed by atoms with van der Waals surface area (Å²) in [6.45, 7) is 3.32. The topological polar surface area (TPSA) is 86.3 Å². The lowest BCUT2D eigenvalue weighted by atomic mass is 10.1. The van der Waals surface area contributed by atoms with E-state index in [1.54, 1.807) is 26.0 Å². The van der Waals surface area contributed by atoms with Crippen LogP contribution in [0.2, 0.25) is 5.02 Å². The molecule has 0 heterocycles. The molecule has 22 heavy (non-hydrogen) atoms. The number of carbonyl (C=O) groups excluding carboxylic acids is 1. The molecular weight excluding hydrogens is 326 g/mol. The molecule has 2 aromatic carbocycles. The summed E-state index contributed by atoms with van der Waals surface area (Å²) < 4.78 is 27.4. The summed E-state index contributed by atoms with van der Waals surface area (Å²) in [5, 5.41) is 11.3. The number of carbonyl (C=O) groups is 1. The lowest BCUT2D eigenvalue weighted by Crippen LogP contribution is -2.23. The van der Waals surface area contributed by atoms with Gasteiger partial charge in [0.25, 0.3) is 10.0 Å². The number of halogens is 1. The Kier molecular flexibility index (Phi) is 4.44. The molecule has 116 valence electrons. The molecule has 0 saturated carbocycles. The standard InChI is InChI=1S/C15H14ClNO4S/c1-9-4-6-12(16)8-13(9)17-22(20,21)14-7-11(15(18)19)5-3-10(14)2/h3-8,17H,1-2H3,(H,18,19)/p-1. The maximum Gasteiger partial charge on any atom is 0.262 e. The van der Waals surface area contributed by atoms with E-state index in [4.69, 9.17) is 11.6 Å². The normalized spacial score (nSPS) is 11.2. The van der Waals surface area contributed by atoms with Crippen molar-refractivity contribution in [3.05, 3.63) is 58.1 Å². The van der Waals surface area contributed by atoms with Crippen LogP contribution in [-0.4, -0.2) is 14.4 Å². The molecule has 0 aliphatic carbocycles. The summed E-state index contributed by atoms with van der Waals surface area (Å²) in [7, 11) is -3.94. The van der Waals surface area contributed by atoms with Gasteiger partial charge in [0.05, 0.1) is 16.6 Å². The van der Waals surface area contributed by atoms with Crippen molar-refractivity contribution in [2.45, 2.75) is 18.7 Å². The van der Waals surface area contributed by atoms with E-state index in [0.29, 0.717) is 21.8 Å². The molecule has 0 atom stereocenters. The molecule has 0 aliphatic heterocycles. The number of sulfonamides is 1.